The van der Waals surface area contributed by atoms with Crippen LogP contribution in [-0.2, 0) is 13.5 Å². The fourth-order valence-electron chi connectivity index (χ4n) is 3.84. The van der Waals surface area contributed by atoms with Gasteiger partial charge < -0.3 is 9.47 Å². The molecule has 29 heavy (non-hydrogen) atoms. The summed E-state index contributed by atoms with van der Waals surface area (Å²) >= 11 is 0. The number of imidazole rings is 1. The van der Waals surface area contributed by atoms with E-state index in [9.17, 15) is 4.79 Å². The number of nitrogens with zero attached hydrogens (tertiary/aromatic N) is 7. The molecule has 3 aromatic heterocycles. The summed E-state index contributed by atoms with van der Waals surface area (Å²) < 4.78 is 2.04. The summed E-state index contributed by atoms with van der Waals surface area (Å²) in [5.74, 6) is 1.44. The second kappa shape index (κ2) is 8.06. The first-order valence-corrected chi connectivity index (χ1v) is 9.89. The Morgan fingerprint density at radius 2 is 1.83 bits per heavy atom. The summed E-state index contributed by atoms with van der Waals surface area (Å²) in [6.45, 7) is 5.29. The Hall–Kier alpha value is -3.16. The molecule has 1 aliphatic heterocycles. The van der Waals surface area contributed by atoms with Crippen LogP contribution in [0.1, 0.15) is 40.4 Å². The molecule has 1 saturated heterocycles. The molecule has 3 aromatic rings. The van der Waals surface area contributed by atoms with Gasteiger partial charge in [-0.3, -0.25) is 14.8 Å². The van der Waals surface area contributed by atoms with Crippen LogP contribution in [-0.4, -0.2) is 53.4 Å². The second-order valence-electron chi connectivity index (χ2n) is 7.56. The lowest BCUT2D eigenvalue weighted by Crippen LogP contribution is -2.39. The maximum Gasteiger partial charge on any atom is 0.257 e. The van der Waals surface area contributed by atoms with Crippen LogP contribution >= 0.6 is 0 Å². The molecule has 0 saturated carbocycles. The van der Waals surface area contributed by atoms with Crippen LogP contribution in [0.2, 0.25) is 0 Å². The highest BCUT2D eigenvalue weighted by atomic mass is 16.2. The van der Waals surface area contributed by atoms with Gasteiger partial charge >= 0.3 is 0 Å². The Balaban J connectivity index is 1.44. The number of aromatic nitrogens is 6. The highest BCUT2D eigenvalue weighted by Crippen LogP contribution is 2.27. The van der Waals surface area contributed by atoms with Gasteiger partial charge in [0.2, 0.25) is 0 Å². The van der Waals surface area contributed by atoms with E-state index < -0.39 is 0 Å². The Labute approximate surface area is 170 Å². The molecule has 0 atom stereocenters. The fraction of sp³-hybridized carbons (Fsp3) is 0.429. The van der Waals surface area contributed by atoms with Gasteiger partial charge in [0.1, 0.15) is 17.8 Å². The lowest BCUT2D eigenvalue weighted by Gasteiger charge is -2.32. The number of likely N-dealkylation sites (tertiary alicyclic amines) is 1. The number of piperidine rings is 1. The summed E-state index contributed by atoms with van der Waals surface area (Å²) in [6, 6.07) is 0. The molecule has 0 radical (unpaired) electrons. The van der Waals surface area contributed by atoms with Crippen LogP contribution in [0.3, 0.4) is 0 Å². The molecule has 4 heterocycles. The zero-order valence-corrected chi connectivity index (χ0v) is 17.0. The number of rotatable bonds is 4. The van der Waals surface area contributed by atoms with E-state index >= 15 is 0 Å². The van der Waals surface area contributed by atoms with Crippen LogP contribution in [0.4, 0.5) is 0 Å². The van der Waals surface area contributed by atoms with Gasteiger partial charge in [-0.25, -0.2) is 15.0 Å². The van der Waals surface area contributed by atoms with Gasteiger partial charge in [-0.15, -0.1) is 0 Å². The molecule has 150 valence electrons. The van der Waals surface area contributed by atoms with Gasteiger partial charge in [-0.1, -0.05) is 0 Å². The predicted molar refractivity (Wildman–Crippen MR) is 108 cm³/mol. The number of carbonyl (C=O) groups excluding carboxylic acids is 1. The Kier molecular flexibility index (Phi) is 5.33. The molecule has 0 unspecified atom stereocenters. The third kappa shape index (κ3) is 3.87. The molecule has 0 N–H and O–H groups in total. The summed E-state index contributed by atoms with van der Waals surface area (Å²) in [5, 5.41) is 0. The molecule has 8 nitrogen and oxygen atoms in total. The normalized spacial score (nSPS) is 14.9. The van der Waals surface area contributed by atoms with E-state index in [0.29, 0.717) is 11.5 Å². The van der Waals surface area contributed by atoms with Crippen LogP contribution in [0, 0.1) is 19.8 Å². The van der Waals surface area contributed by atoms with Crippen LogP contribution in [0.25, 0.3) is 11.4 Å². The predicted octanol–water partition coefficient (Wildman–Crippen LogP) is 2.38. The summed E-state index contributed by atoms with van der Waals surface area (Å²) in [6.07, 6.45) is 11.2. The molecule has 0 spiro atoms. The van der Waals surface area contributed by atoms with Gasteiger partial charge in [0.15, 0.2) is 0 Å². The molecule has 1 amide bonds. The summed E-state index contributed by atoms with van der Waals surface area (Å²) in [4.78, 5) is 36.4. The molecule has 0 aromatic carbocycles. The molecule has 0 bridgehead atoms. The zero-order valence-electron chi connectivity index (χ0n) is 17.0. The van der Waals surface area contributed by atoms with Crippen molar-refractivity contribution in [3.05, 3.63) is 53.9 Å². The molecular weight excluding hydrogens is 366 g/mol. The molecule has 0 aliphatic carbocycles. The van der Waals surface area contributed by atoms with Crippen molar-refractivity contribution >= 4 is 5.91 Å². The van der Waals surface area contributed by atoms with Crippen LogP contribution in [0.5, 0.6) is 0 Å². The number of amides is 1. The van der Waals surface area contributed by atoms with Gasteiger partial charge in [0.25, 0.3) is 5.91 Å². The quantitative estimate of drug-likeness (QED) is 0.678. The van der Waals surface area contributed by atoms with E-state index in [1.165, 1.54) is 6.33 Å². The minimum absolute atomic E-state index is 0.0205. The summed E-state index contributed by atoms with van der Waals surface area (Å²) in [5.41, 5.74) is 4.19. The average Bonchev–Trinajstić information content (AvgIpc) is 3.07. The third-order valence-corrected chi connectivity index (χ3v) is 5.76. The highest BCUT2D eigenvalue weighted by Gasteiger charge is 2.26. The van der Waals surface area contributed by atoms with Crippen molar-refractivity contribution in [3.63, 3.8) is 0 Å². The first kappa shape index (κ1) is 19.2. The van der Waals surface area contributed by atoms with Gasteiger partial charge in [-0.05, 0) is 39.0 Å². The number of aryl methyl sites for hydroxylation is 2. The first-order chi connectivity index (χ1) is 14.0. The van der Waals surface area contributed by atoms with E-state index in [1.54, 1.807) is 18.6 Å². The van der Waals surface area contributed by atoms with Gasteiger partial charge in [-0.2, -0.15) is 0 Å². The fourth-order valence-corrected chi connectivity index (χ4v) is 3.84. The Morgan fingerprint density at radius 1 is 1.07 bits per heavy atom. The Morgan fingerprint density at radius 3 is 2.52 bits per heavy atom. The van der Waals surface area contributed by atoms with E-state index in [0.717, 1.165) is 61.0 Å². The van der Waals surface area contributed by atoms with Gasteiger partial charge in [0.05, 0.1) is 28.8 Å². The molecule has 4 rings (SSSR count). The van der Waals surface area contributed by atoms with E-state index in [-0.39, 0.29) is 5.91 Å². The van der Waals surface area contributed by atoms with Crippen molar-refractivity contribution in [2.75, 3.05) is 13.1 Å². The molecule has 1 aliphatic rings. The third-order valence-electron chi connectivity index (χ3n) is 5.76. The maximum absolute atomic E-state index is 12.8. The molecule has 1 fully saturated rings. The Bertz CT molecular complexity index is 1020. The van der Waals surface area contributed by atoms with Crippen molar-refractivity contribution in [1.29, 1.82) is 0 Å². The minimum atomic E-state index is 0.0205. The van der Waals surface area contributed by atoms with E-state index in [1.807, 2.05) is 36.6 Å². The van der Waals surface area contributed by atoms with E-state index in [2.05, 4.69) is 24.9 Å². The number of hydrogen-bond donors (Lipinski definition) is 0. The average molecular weight is 391 g/mol. The highest BCUT2D eigenvalue weighted by molar-refractivity contribution is 5.94. The van der Waals surface area contributed by atoms with Crippen molar-refractivity contribution in [2.24, 2.45) is 13.0 Å². The van der Waals surface area contributed by atoms with Gasteiger partial charge in [0, 0.05) is 38.7 Å². The summed E-state index contributed by atoms with van der Waals surface area (Å²) in [7, 11) is 2.00. The van der Waals surface area contributed by atoms with Crippen molar-refractivity contribution in [2.45, 2.75) is 33.1 Å². The van der Waals surface area contributed by atoms with Crippen molar-refractivity contribution in [3.8, 4) is 11.4 Å². The molecular formula is C21H25N7O. The van der Waals surface area contributed by atoms with E-state index in [4.69, 9.17) is 0 Å². The SMILES string of the molecule is Cc1ncncc1C(=O)N1CCC(Cc2nccnc2-c2cnc(C)n2C)CC1. The standard InChI is InChI=1S/C21H25N7O/c1-14-17(11-22-13-26-14)21(29)28-8-4-16(5-9-28)10-18-20(24-7-6-23-18)19-12-25-15(2)27(19)3/h6-7,11-13,16H,4-5,8-10H2,1-3H3. The topological polar surface area (TPSA) is 89.7 Å². The monoisotopic (exact) mass is 391 g/mol. The van der Waals surface area contributed by atoms with Crippen LogP contribution < -0.4 is 0 Å². The first-order valence-electron chi connectivity index (χ1n) is 9.89. The van der Waals surface area contributed by atoms with Crippen molar-refractivity contribution < 1.29 is 4.79 Å². The largest absolute Gasteiger partial charge is 0.339 e. The maximum atomic E-state index is 12.8. The number of carbonyl (C=O) groups is 1. The number of hydrogen-bond acceptors (Lipinski definition) is 6. The zero-order chi connectivity index (χ0) is 20.4. The molecule has 8 heteroatoms. The minimum Gasteiger partial charge on any atom is -0.339 e. The lowest BCUT2D eigenvalue weighted by atomic mass is 9.91. The lowest BCUT2D eigenvalue weighted by molar-refractivity contribution is 0.0688. The smallest absolute Gasteiger partial charge is 0.257 e. The van der Waals surface area contributed by atoms with Crippen molar-refractivity contribution in [1.82, 2.24) is 34.4 Å². The van der Waals surface area contributed by atoms with Crippen LogP contribution in [0.15, 0.2) is 31.1 Å². The second-order valence-corrected chi connectivity index (χ2v) is 7.56.